The molecule has 1 heterocycles. The topological polar surface area (TPSA) is 75.7 Å². The molecule has 0 bridgehead atoms. The van der Waals surface area contributed by atoms with Crippen molar-refractivity contribution >= 4 is 21.6 Å². The van der Waals surface area contributed by atoms with E-state index >= 15 is 0 Å². The Morgan fingerprint density at radius 3 is 2.57 bits per heavy atom. The predicted molar refractivity (Wildman–Crippen MR) is 110 cm³/mol. The van der Waals surface area contributed by atoms with Gasteiger partial charge in [0.25, 0.3) is 5.91 Å². The molecular weight excluding hydrogens is 376 g/mol. The summed E-state index contributed by atoms with van der Waals surface area (Å²) < 4.78 is 33.4. The van der Waals surface area contributed by atoms with Gasteiger partial charge in [-0.15, -0.1) is 0 Å². The minimum atomic E-state index is -3.68. The standard InChI is InChI=1S/C21H26N2O4S/c1-3-9-16(2)22-21(24)20-14-23(18-12-7-8-13-19(18)27-20)28(25,26)15-17-10-5-4-6-11-17/h4-8,10-13,16,20H,3,9,14-15H2,1-2H3,(H,22,24)/t16-,20+/m0/s1. The second-order valence-electron chi connectivity index (χ2n) is 7.05. The number of amides is 1. The molecule has 28 heavy (non-hydrogen) atoms. The number of benzene rings is 2. The van der Waals surface area contributed by atoms with Crippen LogP contribution in [0.4, 0.5) is 5.69 Å². The third-order valence-electron chi connectivity index (χ3n) is 4.67. The summed E-state index contributed by atoms with van der Waals surface area (Å²) in [7, 11) is -3.68. The van der Waals surface area contributed by atoms with E-state index in [9.17, 15) is 13.2 Å². The zero-order valence-corrected chi connectivity index (χ0v) is 17.0. The summed E-state index contributed by atoms with van der Waals surface area (Å²) in [6, 6.07) is 15.9. The molecule has 6 nitrogen and oxygen atoms in total. The maximum Gasteiger partial charge on any atom is 0.263 e. The van der Waals surface area contributed by atoms with Crippen LogP contribution in [-0.4, -0.2) is 33.0 Å². The number of carbonyl (C=O) groups excluding carboxylic acids is 1. The summed E-state index contributed by atoms with van der Waals surface area (Å²) in [5, 5.41) is 2.92. The largest absolute Gasteiger partial charge is 0.476 e. The number of nitrogens with one attached hydrogen (secondary N) is 1. The second kappa shape index (κ2) is 8.65. The van der Waals surface area contributed by atoms with Crippen molar-refractivity contribution in [2.45, 2.75) is 44.6 Å². The van der Waals surface area contributed by atoms with Crippen LogP contribution >= 0.6 is 0 Å². The molecule has 0 spiro atoms. The fourth-order valence-electron chi connectivity index (χ4n) is 3.31. The number of anilines is 1. The molecule has 0 fully saturated rings. The van der Waals surface area contributed by atoms with Crippen LogP contribution in [0, 0.1) is 0 Å². The molecular formula is C21H26N2O4S. The van der Waals surface area contributed by atoms with Crippen molar-refractivity contribution in [3.8, 4) is 5.75 Å². The molecule has 1 N–H and O–H groups in total. The van der Waals surface area contributed by atoms with Crippen molar-refractivity contribution in [3.63, 3.8) is 0 Å². The molecule has 0 unspecified atom stereocenters. The van der Waals surface area contributed by atoms with E-state index in [-0.39, 0.29) is 24.2 Å². The maximum atomic E-state index is 13.1. The Balaban J connectivity index is 1.86. The first-order chi connectivity index (χ1) is 13.4. The van der Waals surface area contributed by atoms with Gasteiger partial charge >= 0.3 is 0 Å². The fourth-order valence-corrected chi connectivity index (χ4v) is 4.89. The third kappa shape index (κ3) is 4.65. The molecule has 2 atom stereocenters. The average molecular weight is 403 g/mol. The van der Waals surface area contributed by atoms with E-state index in [1.165, 1.54) is 4.31 Å². The lowest BCUT2D eigenvalue weighted by molar-refractivity contribution is -0.128. The van der Waals surface area contributed by atoms with Gasteiger partial charge < -0.3 is 10.1 Å². The van der Waals surface area contributed by atoms with Crippen LogP contribution in [0.25, 0.3) is 0 Å². The molecule has 3 rings (SSSR count). The van der Waals surface area contributed by atoms with Gasteiger partial charge in [-0.1, -0.05) is 55.8 Å². The Kier molecular flexibility index (Phi) is 6.24. The first-order valence-corrected chi connectivity index (χ1v) is 11.1. The summed E-state index contributed by atoms with van der Waals surface area (Å²) >= 11 is 0. The number of para-hydroxylation sites is 2. The van der Waals surface area contributed by atoms with Gasteiger partial charge in [-0.3, -0.25) is 9.10 Å². The van der Waals surface area contributed by atoms with Crippen LogP contribution in [0.15, 0.2) is 54.6 Å². The summed E-state index contributed by atoms with van der Waals surface area (Å²) in [5.41, 5.74) is 1.16. The van der Waals surface area contributed by atoms with Crippen molar-refractivity contribution in [3.05, 3.63) is 60.2 Å². The van der Waals surface area contributed by atoms with Gasteiger partial charge in [-0.25, -0.2) is 8.42 Å². The number of fused-ring (bicyclic) bond motifs is 1. The number of ether oxygens (including phenoxy) is 1. The van der Waals surface area contributed by atoms with Crippen molar-refractivity contribution in [2.24, 2.45) is 0 Å². The van der Waals surface area contributed by atoms with Gasteiger partial charge in [0.1, 0.15) is 5.75 Å². The Morgan fingerprint density at radius 1 is 1.18 bits per heavy atom. The van der Waals surface area contributed by atoms with E-state index in [2.05, 4.69) is 5.32 Å². The molecule has 0 saturated carbocycles. The average Bonchev–Trinajstić information content (AvgIpc) is 2.67. The van der Waals surface area contributed by atoms with Gasteiger partial charge in [0.05, 0.1) is 18.0 Å². The highest BCUT2D eigenvalue weighted by Crippen LogP contribution is 2.35. The number of nitrogens with zero attached hydrogens (tertiary/aromatic N) is 1. The molecule has 1 aliphatic rings. The van der Waals surface area contributed by atoms with E-state index < -0.39 is 16.1 Å². The van der Waals surface area contributed by atoms with Crippen LogP contribution in [0.5, 0.6) is 5.75 Å². The lowest BCUT2D eigenvalue weighted by atomic mass is 10.1. The van der Waals surface area contributed by atoms with Gasteiger partial charge in [0.2, 0.25) is 10.0 Å². The number of rotatable bonds is 7. The predicted octanol–water partition coefficient (Wildman–Crippen LogP) is 3.09. The molecule has 1 amide bonds. The van der Waals surface area contributed by atoms with Gasteiger partial charge in [0, 0.05) is 6.04 Å². The van der Waals surface area contributed by atoms with Crippen molar-refractivity contribution in [1.29, 1.82) is 0 Å². The van der Waals surface area contributed by atoms with E-state index in [0.29, 0.717) is 17.0 Å². The minimum absolute atomic E-state index is 0.00708. The summed E-state index contributed by atoms with van der Waals surface area (Å²) in [5.74, 6) is -0.0352. The zero-order chi connectivity index (χ0) is 20.1. The minimum Gasteiger partial charge on any atom is -0.476 e. The molecule has 2 aromatic rings. The molecule has 0 radical (unpaired) electrons. The zero-order valence-electron chi connectivity index (χ0n) is 16.2. The lowest BCUT2D eigenvalue weighted by Gasteiger charge is -2.35. The Hall–Kier alpha value is -2.54. The number of sulfonamides is 1. The number of carbonyl (C=O) groups is 1. The highest BCUT2D eigenvalue weighted by atomic mass is 32.2. The van der Waals surface area contributed by atoms with Crippen LogP contribution in [-0.2, 0) is 20.6 Å². The lowest BCUT2D eigenvalue weighted by Crippen LogP contribution is -2.52. The molecule has 0 aromatic heterocycles. The first kappa shape index (κ1) is 20.2. The number of hydrogen-bond donors (Lipinski definition) is 1. The smallest absolute Gasteiger partial charge is 0.263 e. The Labute approximate surface area is 166 Å². The first-order valence-electron chi connectivity index (χ1n) is 9.51. The third-order valence-corrected chi connectivity index (χ3v) is 6.38. The van der Waals surface area contributed by atoms with E-state index in [1.54, 1.807) is 36.4 Å². The SMILES string of the molecule is CCC[C@H](C)NC(=O)[C@H]1CN(S(=O)(=O)Cc2ccccc2)c2ccccc2O1. The Bertz CT molecular complexity index is 915. The van der Waals surface area contributed by atoms with Crippen LogP contribution < -0.4 is 14.4 Å². The van der Waals surface area contributed by atoms with Crippen molar-refractivity contribution < 1.29 is 17.9 Å². The molecule has 1 aliphatic heterocycles. The van der Waals surface area contributed by atoms with E-state index in [0.717, 1.165) is 12.8 Å². The monoisotopic (exact) mass is 402 g/mol. The molecule has 7 heteroatoms. The number of hydrogen-bond acceptors (Lipinski definition) is 4. The highest BCUT2D eigenvalue weighted by molar-refractivity contribution is 7.92. The van der Waals surface area contributed by atoms with E-state index in [4.69, 9.17) is 4.74 Å². The molecule has 0 aliphatic carbocycles. The molecule has 2 aromatic carbocycles. The van der Waals surface area contributed by atoms with Crippen molar-refractivity contribution in [2.75, 3.05) is 10.8 Å². The van der Waals surface area contributed by atoms with Crippen LogP contribution in [0.3, 0.4) is 0 Å². The van der Waals surface area contributed by atoms with Crippen molar-refractivity contribution in [1.82, 2.24) is 5.32 Å². The van der Waals surface area contributed by atoms with Crippen LogP contribution in [0.1, 0.15) is 32.3 Å². The second-order valence-corrected chi connectivity index (χ2v) is 8.94. The summed E-state index contributed by atoms with van der Waals surface area (Å²) in [6.45, 7) is 3.94. The van der Waals surface area contributed by atoms with Gasteiger partial charge in [-0.2, -0.15) is 0 Å². The molecule has 150 valence electrons. The quantitative estimate of drug-likeness (QED) is 0.772. The van der Waals surface area contributed by atoms with Gasteiger partial charge in [0.15, 0.2) is 6.10 Å². The normalized spacial score (nSPS) is 17.4. The summed E-state index contributed by atoms with van der Waals surface area (Å²) in [4.78, 5) is 12.7. The fraction of sp³-hybridized carbons (Fsp3) is 0.381. The van der Waals surface area contributed by atoms with Crippen LogP contribution in [0.2, 0.25) is 0 Å². The summed E-state index contributed by atoms with van der Waals surface area (Å²) in [6.07, 6.45) is 0.915. The Morgan fingerprint density at radius 2 is 1.86 bits per heavy atom. The molecule has 0 saturated heterocycles. The maximum absolute atomic E-state index is 13.1. The van der Waals surface area contributed by atoms with E-state index in [1.807, 2.05) is 32.0 Å². The van der Waals surface area contributed by atoms with Gasteiger partial charge in [-0.05, 0) is 31.0 Å². The highest BCUT2D eigenvalue weighted by Gasteiger charge is 2.36.